The summed E-state index contributed by atoms with van der Waals surface area (Å²) in [5, 5.41) is 14.2. The van der Waals surface area contributed by atoms with Gasteiger partial charge < -0.3 is 15.2 Å². The van der Waals surface area contributed by atoms with Gasteiger partial charge in [-0.15, -0.1) is 0 Å². The largest absolute Gasteiger partial charge is 0.507 e. The van der Waals surface area contributed by atoms with Gasteiger partial charge in [0.2, 0.25) is 0 Å². The zero-order valence-corrected chi connectivity index (χ0v) is 11.0. The first-order valence-corrected chi connectivity index (χ1v) is 6.32. The van der Waals surface area contributed by atoms with Crippen LogP contribution in [0.15, 0.2) is 6.07 Å². The summed E-state index contributed by atoms with van der Waals surface area (Å²) in [4.78, 5) is 0. The maximum absolute atomic E-state index is 10.2. The van der Waals surface area contributed by atoms with E-state index in [1.807, 2.05) is 13.0 Å². The molecule has 2 rings (SSSR count). The molecule has 1 unspecified atom stereocenters. The van der Waals surface area contributed by atoms with Crippen molar-refractivity contribution in [2.75, 3.05) is 13.7 Å². The first-order chi connectivity index (χ1) is 8.15. The summed E-state index contributed by atoms with van der Waals surface area (Å²) in [6, 6.07) is 2.01. The van der Waals surface area contributed by atoms with Crippen LogP contribution < -0.4 is 10.1 Å². The Balaban J connectivity index is 2.40. The van der Waals surface area contributed by atoms with E-state index in [0.29, 0.717) is 22.1 Å². The van der Waals surface area contributed by atoms with E-state index in [0.717, 1.165) is 18.5 Å². The fraction of sp³-hybridized carbons (Fsp3) is 0.538. The summed E-state index contributed by atoms with van der Waals surface area (Å²) >= 11 is 6.16. The number of halogens is 1. The standard InChI is InChI=1S/C13H18ClNO2/c1-8-12(16)9(7-10(14)13(8)17-2)11-5-3-4-6-15-11/h7,11,15-16H,3-6H2,1-2H3. The highest BCUT2D eigenvalue weighted by molar-refractivity contribution is 6.32. The molecule has 17 heavy (non-hydrogen) atoms. The molecule has 0 amide bonds. The molecular formula is C13H18ClNO2. The fourth-order valence-electron chi connectivity index (χ4n) is 2.41. The second-order valence-corrected chi connectivity index (χ2v) is 4.86. The maximum atomic E-state index is 10.2. The highest BCUT2D eigenvalue weighted by Crippen LogP contribution is 2.41. The average molecular weight is 256 g/mol. The Morgan fingerprint density at radius 1 is 1.47 bits per heavy atom. The molecule has 1 saturated heterocycles. The topological polar surface area (TPSA) is 41.5 Å². The fourth-order valence-corrected chi connectivity index (χ4v) is 2.74. The van der Waals surface area contributed by atoms with Crippen molar-refractivity contribution in [1.29, 1.82) is 0 Å². The van der Waals surface area contributed by atoms with Crippen LogP contribution in [0.25, 0.3) is 0 Å². The number of hydrogen-bond acceptors (Lipinski definition) is 3. The van der Waals surface area contributed by atoms with Gasteiger partial charge in [-0.3, -0.25) is 0 Å². The monoisotopic (exact) mass is 255 g/mol. The minimum atomic E-state index is 0.200. The predicted molar refractivity (Wildman–Crippen MR) is 69.0 cm³/mol. The summed E-state index contributed by atoms with van der Waals surface area (Å²) in [6.45, 7) is 2.82. The quantitative estimate of drug-likeness (QED) is 0.853. The van der Waals surface area contributed by atoms with Crippen LogP contribution in [0.5, 0.6) is 11.5 Å². The van der Waals surface area contributed by atoms with Crippen LogP contribution in [0.2, 0.25) is 5.02 Å². The summed E-state index contributed by atoms with van der Waals surface area (Å²) < 4.78 is 5.19. The lowest BCUT2D eigenvalue weighted by Gasteiger charge is -2.25. The molecule has 2 N–H and O–H groups in total. The highest BCUT2D eigenvalue weighted by atomic mass is 35.5. The zero-order chi connectivity index (χ0) is 12.4. The highest BCUT2D eigenvalue weighted by Gasteiger charge is 2.22. The van der Waals surface area contributed by atoms with Gasteiger partial charge in [0.25, 0.3) is 0 Å². The van der Waals surface area contributed by atoms with Crippen molar-refractivity contribution in [3.63, 3.8) is 0 Å². The Morgan fingerprint density at radius 3 is 2.82 bits per heavy atom. The van der Waals surface area contributed by atoms with Gasteiger partial charge in [-0.05, 0) is 32.4 Å². The van der Waals surface area contributed by atoms with Gasteiger partial charge >= 0.3 is 0 Å². The molecule has 1 aromatic rings. The van der Waals surface area contributed by atoms with Crippen molar-refractivity contribution in [3.05, 3.63) is 22.2 Å². The van der Waals surface area contributed by atoms with Crippen LogP contribution in [0, 0.1) is 6.92 Å². The van der Waals surface area contributed by atoms with Crippen molar-refractivity contribution < 1.29 is 9.84 Å². The van der Waals surface area contributed by atoms with E-state index in [2.05, 4.69) is 5.32 Å². The Kier molecular flexibility index (Phi) is 3.79. The van der Waals surface area contributed by atoms with Gasteiger partial charge in [0, 0.05) is 17.2 Å². The molecule has 3 nitrogen and oxygen atoms in total. The number of benzene rings is 1. The Morgan fingerprint density at radius 2 is 2.24 bits per heavy atom. The molecule has 0 radical (unpaired) electrons. The Labute approximate surface area is 107 Å². The van der Waals surface area contributed by atoms with Crippen LogP contribution in [-0.2, 0) is 0 Å². The van der Waals surface area contributed by atoms with E-state index in [1.54, 1.807) is 7.11 Å². The summed E-state index contributed by atoms with van der Waals surface area (Å²) in [5.74, 6) is 0.856. The smallest absolute Gasteiger partial charge is 0.144 e. The lowest BCUT2D eigenvalue weighted by atomic mass is 9.95. The summed E-state index contributed by atoms with van der Waals surface area (Å²) in [6.07, 6.45) is 3.41. The first kappa shape index (κ1) is 12.5. The van der Waals surface area contributed by atoms with E-state index in [9.17, 15) is 5.11 Å². The van der Waals surface area contributed by atoms with Crippen LogP contribution in [0.3, 0.4) is 0 Å². The Bertz CT molecular complexity index is 414. The molecule has 0 bridgehead atoms. The van der Waals surface area contributed by atoms with Crippen LogP contribution in [-0.4, -0.2) is 18.8 Å². The SMILES string of the molecule is COc1c(Cl)cc(C2CCCCN2)c(O)c1C. The molecule has 4 heteroatoms. The van der Waals surface area contributed by atoms with E-state index in [1.165, 1.54) is 12.8 Å². The molecule has 1 fully saturated rings. The van der Waals surface area contributed by atoms with E-state index in [4.69, 9.17) is 16.3 Å². The number of piperidine rings is 1. The van der Waals surface area contributed by atoms with E-state index in [-0.39, 0.29) is 6.04 Å². The van der Waals surface area contributed by atoms with Crippen molar-refractivity contribution in [2.24, 2.45) is 0 Å². The maximum Gasteiger partial charge on any atom is 0.144 e. The third kappa shape index (κ3) is 2.35. The van der Waals surface area contributed by atoms with Gasteiger partial charge in [0.1, 0.15) is 11.5 Å². The number of methoxy groups -OCH3 is 1. The van der Waals surface area contributed by atoms with Gasteiger partial charge in [-0.25, -0.2) is 0 Å². The molecule has 0 saturated carbocycles. The molecule has 1 aliphatic rings. The minimum absolute atomic E-state index is 0.200. The second kappa shape index (κ2) is 5.15. The number of hydrogen-bond donors (Lipinski definition) is 2. The average Bonchev–Trinajstić information content (AvgIpc) is 2.35. The predicted octanol–water partition coefficient (Wildman–Crippen LogP) is 3.18. The third-order valence-electron chi connectivity index (χ3n) is 3.36. The van der Waals surface area contributed by atoms with Crippen molar-refractivity contribution in [1.82, 2.24) is 5.32 Å². The molecule has 0 spiro atoms. The van der Waals surface area contributed by atoms with Gasteiger partial charge in [-0.2, -0.15) is 0 Å². The number of aromatic hydroxyl groups is 1. The lowest BCUT2D eigenvalue weighted by Crippen LogP contribution is -2.26. The third-order valence-corrected chi connectivity index (χ3v) is 3.64. The van der Waals surface area contributed by atoms with Crippen LogP contribution >= 0.6 is 11.6 Å². The molecule has 94 valence electrons. The number of nitrogens with one attached hydrogen (secondary N) is 1. The van der Waals surface area contributed by atoms with Gasteiger partial charge in [0.05, 0.1) is 12.1 Å². The van der Waals surface area contributed by atoms with Gasteiger partial charge in [-0.1, -0.05) is 18.0 Å². The van der Waals surface area contributed by atoms with Gasteiger partial charge in [0.15, 0.2) is 0 Å². The van der Waals surface area contributed by atoms with E-state index >= 15 is 0 Å². The summed E-state index contributed by atoms with van der Waals surface area (Å²) in [5.41, 5.74) is 1.59. The molecule has 1 heterocycles. The minimum Gasteiger partial charge on any atom is -0.507 e. The van der Waals surface area contributed by atoms with Crippen LogP contribution in [0.4, 0.5) is 0 Å². The van der Waals surface area contributed by atoms with Crippen molar-refractivity contribution >= 4 is 11.6 Å². The second-order valence-electron chi connectivity index (χ2n) is 4.46. The van der Waals surface area contributed by atoms with Crippen molar-refractivity contribution in [2.45, 2.75) is 32.2 Å². The molecule has 1 aromatic carbocycles. The molecule has 0 aliphatic carbocycles. The molecule has 1 atom stereocenters. The number of phenolic OH excluding ortho intramolecular Hbond substituents is 1. The number of rotatable bonds is 2. The normalized spacial score (nSPS) is 20.3. The molecular weight excluding hydrogens is 238 g/mol. The number of ether oxygens (including phenoxy) is 1. The lowest BCUT2D eigenvalue weighted by molar-refractivity contribution is 0.379. The molecule has 0 aromatic heterocycles. The summed E-state index contributed by atoms with van der Waals surface area (Å²) in [7, 11) is 1.56. The van der Waals surface area contributed by atoms with Crippen molar-refractivity contribution in [3.8, 4) is 11.5 Å². The van der Waals surface area contributed by atoms with Crippen LogP contribution in [0.1, 0.15) is 36.4 Å². The molecule has 1 aliphatic heterocycles. The number of phenols is 1. The Hall–Kier alpha value is -0.930. The first-order valence-electron chi connectivity index (χ1n) is 5.94. The van der Waals surface area contributed by atoms with E-state index < -0.39 is 0 Å². The zero-order valence-electron chi connectivity index (χ0n) is 10.2.